The Hall–Kier alpha value is -3.31. The Balaban J connectivity index is 1.46. The van der Waals surface area contributed by atoms with Crippen molar-refractivity contribution in [3.8, 4) is 0 Å². The van der Waals surface area contributed by atoms with E-state index in [4.69, 9.17) is 0 Å². The zero-order valence-electron chi connectivity index (χ0n) is 20.2. The van der Waals surface area contributed by atoms with Gasteiger partial charge in [-0.15, -0.1) is 0 Å². The first-order valence-corrected chi connectivity index (χ1v) is 14.0. The number of rotatable bonds is 10. The lowest BCUT2D eigenvalue weighted by molar-refractivity contribution is -0.117. The minimum absolute atomic E-state index is 0.0908. The number of ketones is 1. The van der Waals surface area contributed by atoms with Crippen molar-refractivity contribution >= 4 is 32.9 Å². The number of hydrogen-bond donors (Lipinski definition) is 2. The largest absolute Gasteiger partial charge is 0.385 e. The molecule has 0 spiro atoms. The predicted molar refractivity (Wildman–Crippen MR) is 135 cm³/mol. The number of Topliss-reactive ketones (excluding diaryl/α,β-unsaturated/α-hetero) is 1. The van der Waals surface area contributed by atoms with Crippen molar-refractivity contribution in [1.82, 2.24) is 9.97 Å². The standard InChI is InChI=1S/C26H28N4O6S/c31-18-5-1-15(9-18)10-21(26(33)30-25-14-27-22(12-28-25)23(32)13-29-34)17-4-8-24(20(11-17)16-2-3-16)37(35,36)19-6-7-19/h4,8,10-12,14-16,19,23,32H,1-3,5-7,9,13H2,(H,28,30,33)/b21-10+. The fourth-order valence-electron chi connectivity index (χ4n) is 4.69. The molecule has 3 aliphatic rings. The lowest BCUT2D eigenvalue weighted by atomic mass is 9.95. The molecular weight excluding hydrogens is 496 g/mol. The number of nitroso groups, excluding NO2 is 1. The van der Waals surface area contributed by atoms with Gasteiger partial charge in [0, 0.05) is 18.4 Å². The highest BCUT2D eigenvalue weighted by Gasteiger charge is 2.40. The van der Waals surface area contributed by atoms with E-state index in [1.807, 2.05) is 6.07 Å². The number of carbonyl (C=O) groups excluding carboxylic acids is 2. The number of nitrogens with zero attached hydrogens (tertiary/aromatic N) is 3. The van der Waals surface area contributed by atoms with Gasteiger partial charge in [-0.2, -0.15) is 4.91 Å². The summed E-state index contributed by atoms with van der Waals surface area (Å²) in [6.07, 6.45) is 7.80. The monoisotopic (exact) mass is 524 g/mol. The zero-order chi connectivity index (χ0) is 26.2. The van der Waals surface area contributed by atoms with E-state index < -0.39 is 21.8 Å². The summed E-state index contributed by atoms with van der Waals surface area (Å²) in [5, 5.41) is 14.9. The van der Waals surface area contributed by atoms with Crippen LogP contribution in [0.25, 0.3) is 5.57 Å². The molecule has 2 N–H and O–H groups in total. The maximum Gasteiger partial charge on any atom is 0.257 e. The maximum absolute atomic E-state index is 13.4. The van der Waals surface area contributed by atoms with Crippen molar-refractivity contribution in [2.45, 2.75) is 67.1 Å². The fraction of sp³-hybridized carbons (Fsp3) is 0.462. The van der Waals surface area contributed by atoms with Gasteiger partial charge in [-0.25, -0.2) is 13.4 Å². The Morgan fingerprint density at radius 2 is 1.95 bits per heavy atom. The van der Waals surface area contributed by atoms with Crippen LogP contribution in [0, 0.1) is 10.8 Å². The van der Waals surface area contributed by atoms with Crippen LogP contribution in [-0.4, -0.2) is 47.0 Å². The zero-order valence-corrected chi connectivity index (χ0v) is 21.0. The van der Waals surface area contributed by atoms with Gasteiger partial charge in [0.2, 0.25) is 0 Å². The lowest BCUT2D eigenvalue weighted by Crippen LogP contribution is -2.17. The molecule has 2 aromatic rings. The van der Waals surface area contributed by atoms with Crippen LogP contribution in [0.4, 0.5) is 5.82 Å². The minimum atomic E-state index is -3.39. The number of aliphatic hydroxyl groups is 1. The average molecular weight is 525 g/mol. The van der Waals surface area contributed by atoms with Gasteiger partial charge in [0.1, 0.15) is 18.4 Å². The van der Waals surface area contributed by atoms with E-state index in [9.17, 15) is 28.0 Å². The first kappa shape index (κ1) is 25.3. The van der Waals surface area contributed by atoms with E-state index in [1.54, 1.807) is 18.2 Å². The van der Waals surface area contributed by atoms with Crippen molar-refractivity contribution in [2.24, 2.45) is 11.1 Å². The highest BCUT2D eigenvalue weighted by molar-refractivity contribution is 7.92. The van der Waals surface area contributed by atoms with Crippen molar-refractivity contribution in [2.75, 3.05) is 11.9 Å². The van der Waals surface area contributed by atoms with E-state index in [-0.39, 0.29) is 40.9 Å². The number of allylic oxidation sites excluding steroid dienone is 1. The van der Waals surface area contributed by atoms with E-state index in [0.717, 1.165) is 18.4 Å². The van der Waals surface area contributed by atoms with Crippen LogP contribution in [-0.2, 0) is 19.4 Å². The first-order chi connectivity index (χ1) is 17.8. The molecule has 1 amide bonds. The van der Waals surface area contributed by atoms with Gasteiger partial charge in [-0.3, -0.25) is 14.6 Å². The second kappa shape index (κ2) is 10.2. The maximum atomic E-state index is 13.4. The summed E-state index contributed by atoms with van der Waals surface area (Å²) in [7, 11) is -3.39. The van der Waals surface area contributed by atoms with Crippen molar-refractivity contribution in [1.29, 1.82) is 0 Å². The van der Waals surface area contributed by atoms with Gasteiger partial charge >= 0.3 is 0 Å². The molecule has 1 aromatic heterocycles. The van der Waals surface area contributed by atoms with Crippen LogP contribution in [0.15, 0.2) is 46.7 Å². The Bertz CT molecular complexity index is 1360. The number of hydrogen-bond acceptors (Lipinski definition) is 9. The molecular formula is C26H28N4O6S. The summed E-state index contributed by atoms with van der Waals surface area (Å²) in [5.41, 5.74) is 1.84. The molecule has 3 fully saturated rings. The molecule has 0 aliphatic heterocycles. The minimum Gasteiger partial charge on any atom is -0.385 e. The molecule has 194 valence electrons. The molecule has 11 heteroatoms. The number of sulfone groups is 1. The quantitative estimate of drug-likeness (QED) is 0.353. The number of amides is 1. The number of aliphatic hydroxyl groups excluding tert-OH is 1. The Kier molecular flexibility index (Phi) is 7.00. The van der Waals surface area contributed by atoms with Crippen LogP contribution in [0.1, 0.15) is 73.8 Å². The van der Waals surface area contributed by atoms with Crippen LogP contribution in [0.2, 0.25) is 0 Å². The lowest BCUT2D eigenvalue weighted by Gasteiger charge is -2.15. The van der Waals surface area contributed by atoms with Crippen LogP contribution >= 0.6 is 0 Å². The van der Waals surface area contributed by atoms with Crippen LogP contribution in [0.5, 0.6) is 0 Å². The predicted octanol–water partition coefficient (Wildman–Crippen LogP) is 3.48. The van der Waals surface area contributed by atoms with Crippen LogP contribution in [0.3, 0.4) is 0 Å². The summed E-state index contributed by atoms with van der Waals surface area (Å²) in [6, 6.07) is 5.10. The summed E-state index contributed by atoms with van der Waals surface area (Å²) in [5.74, 6) is -0.103. The Morgan fingerprint density at radius 3 is 2.54 bits per heavy atom. The molecule has 3 saturated carbocycles. The molecule has 1 aromatic carbocycles. The molecule has 1 heterocycles. The van der Waals surface area contributed by atoms with Gasteiger partial charge in [-0.1, -0.05) is 17.3 Å². The fourth-order valence-corrected chi connectivity index (χ4v) is 6.62. The molecule has 10 nitrogen and oxygen atoms in total. The number of aromatic nitrogens is 2. The molecule has 5 rings (SSSR count). The van der Waals surface area contributed by atoms with Gasteiger partial charge in [0.05, 0.1) is 28.2 Å². The third-order valence-corrected chi connectivity index (χ3v) is 9.37. The average Bonchev–Trinajstić information content (AvgIpc) is 3.80. The van der Waals surface area contributed by atoms with E-state index in [0.29, 0.717) is 48.1 Å². The number of nitrogens with one attached hydrogen (secondary N) is 1. The van der Waals surface area contributed by atoms with E-state index in [1.165, 1.54) is 12.4 Å². The number of carbonyl (C=O) groups is 2. The highest BCUT2D eigenvalue weighted by atomic mass is 32.2. The summed E-state index contributed by atoms with van der Waals surface area (Å²) >= 11 is 0. The molecule has 3 aliphatic carbocycles. The smallest absolute Gasteiger partial charge is 0.257 e. The Labute approximate surface area is 214 Å². The van der Waals surface area contributed by atoms with Crippen LogP contribution < -0.4 is 5.32 Å². The molecule has 37 heavy (non-hydrogen) atoms. The SMILES string of the molecule is O=NCC(O)c1cnc(NC(=O)/C(=C/C2CCC(=O)C2)c2ccc(S(=O)(=O)C3CC3)c(C3CC3)c2)cn1. The normalized spacial score (nSPS) is 21.1. The molecule has 0 radical (unpaired) electrons. The number of anilines is 1. The molecule has 2 atom stereocenters. The van der Waals surface area contributed by atoms with Gasteiger partial charge in [0.25, 0.3) is 5.91 Å². The van der Waals surface area contributed by atoms with Crippen molar-refractivity contribution in [3.63, 3.8) is 0 Å². The second-order valence-electron chi connectivity index (χ2n) is 10.0. The Morgan fingerprint density at radius 1 is 1.16 bits per heavy atom. The van der Waals surface area contributed by atoms with E-state index >= 15 is 0 Å². The number of benzene rings is 1. The van der Waals surface area contributed by atoms with E-state index in [2.05, 4.69) is 20.5 Å². The first-order valence-electron chi connectivity index (χ1n) is 12.5. The third kappa shape index (κ3) is 5.67. The van der Waals surface area contributed by atoms with Gasteiger partial charge in [-0.05, 0) is 67.2 Å². The summed E-state index contributed by atoms with van der Waals surface area (Å²) in [4.78, 5) is 44.2. The van der Waals surface area contributed by atoms with Crippen molar-refractivity contribution in [3.05, 3.63) is 58.4 Å². The second-order valence-corrected chi connectivity index (χ2v) is 12.2. The topological polar surface area (TPSA) is 156 Å². The summed E-state index contributed by atoms with van der Waals surface area (Å²) in [6.45, 7) is -0.358. The molecule has 0 bridgehead atoms. The van der Waals surface area contributed by atoms with Gasteiger partial charge in [0.15, 0.2) is 15.7 Å². The van der Waals surface area contributed by atoms with Crippen molar-refractivity contribution < 1.29 is 23.1 Å². The third-order valence-electron chi connectivity index (χ3n) is 7.04. The molecule has 2 unspecified atom stereocenters. The summed E-state index contributed by atoms with van der Waals surface area (Å²) < 4.78 is 26.1. The molecule has 0 saturated heterocycles. The van der Waals surface area contributed by atoms with Gasteiger partial charge < -0.3 is 10.4 Å². The highest BCUT2D eigenvalue weighted by Crippen LogP contribution is 2.46.